The molecule has 1 aromatic carbocycles. The van der Waals surface area contributed by atoms with Gasteiger partial charge in [0.25, 0.3) is 5.91 Å². The fourth-order valence-electron chi connectivity index (χ4n) is 3.29. The summed E-state index contributed by atoms with van der Waals surface area (Å²) in [5.74, 6) is -0.393. The Balaban J connectivity index is 1.57. The number of likely N-dealkylation sites (tertiary alicyclic amines) is 1. The molecular weight excluding hydrogens is 321 g/mol. The molecule has 0 saturated carbocycles. The SMILES string of the molecule is Cn1cc([C@H]2CCCN2C(=O)c2ccn(-c3ccc(F)cc3)n2)cn1. The molecule has 1 saturated heterocycles. The lowest BCUT2D eigenvalue weighted by molar-refractivity contribution is 0.0729. The van der Waals surface area contributed by atoms with Gasteiger partial charge in [0.1, 0.15) is 5.82 Å². The van der Waals surface area contributed by atoms with E-state index in [1.54, 1.807) is 33.8 Å². The molecule has 0 unspecified atom stereocenters. The smallest absolute Gasteiger partial charge is 0.274 e. The maximum atomic E-state index is 13.0. The highest BCUT2D eigenvalue weighted by Gasteiger charge is 2.32. The van der Waals surface area contributed by atoms with Gasteiger partial charge in [0.15, 0.2) is 5.69 Å². The van der Waals surface area contributed by atoms with Crippen molar-refractivity contribution < 1.29 is 9.18 Å². The largest absolute Gasteiger partial charge is 0.330 e. The Labute approximate surface area is 144 Å². The molecule has 0 N–H and O–H groups in total. The molecule has 3 heterocycles. The average Bonchev–Trinajstić information content (AvgIpc) is 3.35. The van der Waals surface area contributed by atoms with E-state index in [0.717, 1.165) is 18.4 Å². The van der Waals surface area contributed by atoms with Crippen molar-refractivity contribution in [2.24, 2.45) is 7.05 Å². The summed E-state index contributed by atoms with van der Waals surface area (Å²) < 4.78 is 16.4. The third-order valence-electron chi connectivity index (χ3n) is 4.52. The lowest BCUT2D eigenvalue weighted by Gasteiger charge is -2.22. The molecule has 7 heteroatoms. The van der Waals surface area contributed by atoms with Gasteiger partial charge in [-0.3, -0.25) is 9.48 Å². The highest BCUT2D eigenvalue weighted by molar-refractivity contribution is 5.92. The summed E-state index contributed by atoms with van der Waals surface area (Å²) in [6, 6.07) is 7.74. The standard InChI is InChI=1S/C18H18FN5O/c1-22-12-13(11-20-22)17-3-2-9-23(17)18(25)16-8-10-24(21-16)15-6-4-14(19)5-7-15/h4-8,10-12,17H,2-3,9H2,1H3/t17-/m1/s1. The molecule has 2 aromatic heterocycles. The van der Waals surface area contributed by atoms with Crippen LogP contribution >= 0.6 is 0 Å². The molecule has 0 radical (unpaired) electrons. The van der Waals surface area contributed by atoms with Gasteiger partial charge in [0.05, 0.1) is 17.9 Å². The van der Waals surface area contributed by atoms with Crippen LogP contribution in [-0.4, -0.2) is 36.9 Å². The van der Waals surface area contributed by atoms with Crippen molar-refractivity contribution in [2.45, 2.75) is 18.9 Å². The Hall–Kier alpha value is -2.96. The number of aryl methyl sites for hydroxylation is 1. The summed E-state index contributed by atoms with van der Waals surface area (Å²) in [4.78, 5) is 14.8. The van der Waals surface area contributed by atoms with Gasteiger partial charge in [0, 0.05) is 31.5 Å². The minimum absolute atomic E-state index is 0.0390. The molecule has 0 spiro atoms. The number of rotatable bonds is 3. The second-order valence-electron chi connectivity index (χ2n) is 6.23. The van der Waals surface area contributed by atoms with E-state index in [0.29, 0.717) is 17.9 Å². The maximum Gasteiger partial charge on any atom is 0.274 e. The Morgan fingerprint density at radius 1 is 1.24 bits per heavy atom. The van der Waals surface area contributed by atoms with Crippen molar-refractivity contribution in [3.8, 4) is 5.69 Å². The van der Waals surface area contributed by atoms with Crippen molar-refractivity contribution in [3.63, 3.8) is 0 Å². The predicted octanol–water partition coefficient (Wildman–Crippen LogP) is 2.72. The number of halogens is 1. The fraction of sp³-hybridized carbons (Fsp3) is 0.278. The van der Waals surface area contributed by atoms with Crippen LogP contribution in [0, 0.1) is 5.82 Å². The van der Waals surface area contributed by atoms with E-state index in [1.807, 2.05) is 24.3 Å². The van der Waals surface area contributed by atoms with E-state index in [4.69, 9.17) is 0 Å². The monoisotopic (exact) mass is 339 g/mol. The number of benzene rings is 1. The summed E-state index contributed by atoms with van der Waals surface area (Å²) in [5.41, 5.74) is 2.15. The van der Waals surface area contributed by atoms with Crippen LogP contribution in [0.3, 0.4) is 0 Å². The molecule has 128 valence electrons. The first kappa shape index (κ1) is 15.6. The zero-order valence-corrected chi connectivity index (χ0v) is 13.8. The number of hydrogen-bond acceptors (Lipinski definition) is 3. The summed E-state index contributed by atoms with van der Waals surface area (Å²) in [6.45, 7) is 0.710. The average molecular weight is 339 g/mol. The molecule has 25 heavy (non-hydrogen) atoms. The first-order chi connectivity index (χ1) is 12.1. The van der Waals surface area contributed by atoms with Crippen molar-refractivity contribution in [1.82, 2.24) is 24.5 Å². The van der Waals surface area contributed by atoms with Gasteiger partial charge < -0.3 is 4.90 Å². The molecule has 3 aromatic rings. The highest BCUT2D eigenvalue weighted by Crippen LogP contribution is 2.32. The van der Waals surface area contributed by atoms with E-state index in [9.17, 15) is 9.18 Å². The van der Waals surface area contributed by atoms with E-state index in [2.05, 4.69) is 10.2 Å². The fourth-order valence-corrected chi connectivity index (χ4v) is 3.29. The second kappa shape index (κ2) is 6.16. The molecular formula is C18H18FN5O. The first-order valence-electron chi connectivity index (χ1n) is 8.23. The molecule has 1 atom stereocenters. The Morgan fingerprint density at radius 3 is 2.76 bits per heavy atom. The quantitative estimate of drug-likeness (QED) is 0.737. The summed E-state index contributed by atoms with van der Waals surface area (Å²) in [7, 11) is 1.87. The van der Waals surface area contributed by atoms with E-state index in [1.165, 1.54) is 12.1 Å². The van der Waals surface area contributed by atoms with Gasteiger partial charge >= 0.3 is 0 Å². The van der Waals surface area contributed by atoms with Gasteiger partial charge in [-0.25, -0.2) is 9.07 Å². The number of nitrogens with zero attached hydrogens (tertiary/aromatic N) is 5. The number of aromatic nitrogens is 4. The maximum absolute atomic E-state index is 13.0. The third kappa shape index (κ3) is 2.93. The van der Waals surface area contributed by atoms with E-state index < -0.39 is 0 Å². The van der Waals surface area contributed by atoms with E-state index in [-0.39, 0.29) is 17.8 Å². The number of amides is 1. The normalized spacial score (nSPS) is 17.2. The van der Waals surface area contributed by atoms with Crippen LogP contribution in [0.15, 0.2) is 48.9 Å². The number of carbonyl (C=O) groups is 1. The first-order valence-corrected chi connectivity index (χ1v) is 8.23. The number of carbonyl (C=O) groups excluding carboxylic acids is 1. The minimum atomic E-state index is -0.302. The summed E-state index contributed by atoms with van der Waals surface area (Å²) in [5, 5.41) is 8.58. The summed E-state index contributed by atoms with van der Waals surface area (Å²) in [6.07, 6.45) is 7.37. The van der Waals surface area contributed by atoms with Crippen LogP contribution < -0.4 is 0 Å². The van der Waals surface area contributed by atoms with Gasteiger partial charge in [0.2, 0.25) is 0 Å². The lowest BCUT2D eigenvalue weighted by atomic mass is 10.1. The third-order valence-corrected chi connectivity index (χ3v) is 4.52. The highest BCUT2D eigenvalue weighted by atomic mass is 19.1. The lowest BCUT2D eigenvalue weighted by Crippen LogP contribution is -2.30. The molecule has 0 aliphatic carbocycles. The van der Waals surface area contributed by atoms with Gasteiger partial charge in [-0.1, -0.05) is 0 Å². The summed E-state index contributed by atoms with van der Waals surface area (Å²) >= 11 is 0. The van der Waals surface area contributed by atoms with Gasteiger partial charge in [-0.05, 0) is 43.2 Å². The molecule has 4 rings (SSSR count). The minimum Gasteiger partial charge on any atom is -0.330 e. The van der Waals surface area contributed by atoms with Crippen LogP contribution in [0.2, 0.25) is 0 Å². The van der Waals surface area contributed by atoms with Gasteiger partial charge in [-0.2, -0.15) is 10.2 Å². The zero-order valence-electron chi connectivity index (χ0n) is 13.8. The van der Waals surface area contributed by atoms with Crippen LogP contribution in [-0.2, 0) is 7.05 Å². The topological polar surface area (TPSA) is 56.0 Å². The Bertz CT molecular complexity index is 898. The molecule has 6 nitrogen and oxygen atoms in total. The molecule has 0 bridgehead atoms. The van der Waals surface area contributed by atoms with Crippen molar-refractivity contribution >= 4 is 5.91 Å². The van der Waals surface area contributed by atoms with Crippen LogP contribution in [0.25, 0.3) is 5.69 Å². The zero-order chi connectivity index (χ0) is 17.4. The van der Waals surface area contributed by atoms with Crippen LogP contribution in [0.5, 0.6) is 0 Å². The van der Waals surface area contributed by atoms with Crippen LogP contribution in [0.1, 0.15) is 34.9 Å². The van der Waals surface area contributed by atoms with Crippen molar-refractivity contribution in [2.75, 3.05) is 6.54 Å². The van der Waals surface area contributed by atoms with Crippen molar-refractivity contribution in [3.05, 3.63) is 66.0 Å². The predicted molar refractivity (Wildman–Crippen MR) is 89.7 cm³/mol. The molecule has 1 fully saturated rings. The van der Waals surface area contributed by atoms with E-state index >= 15 is 0 Å². The van der Waals surface area contributed by atoms with Crippen molar-refractivity contribution in [1.29, 1.82) is 0 Å². The molecule has 1 amide bonds. The Kier molecular flexibility index (Phi) is 3.83. The number of hydrogen-bond donors (Lipinski definition) is 0. The molecule has 1 aliphatic heterocycles. The van der Waals surface area contributed by atoms with Crippen LogP contribution in [0.4, 0.5) is 4.39 Å². The Morgan fingerprint density at radius 2 is 2.04 bits per heavy atom. The molecule has 1 aliphatic rings. The second-order valence-corrected chi connectivity index (χ2v) is 6.23. The van der Waals surface area contributed by atoms with Gasteiger partial charge in [-0.15, -0.1) is 0 Å².